The lowest BCUT2D eigenvalue weighted by molar-refractivity contribution is -0.0000426. The van der Waals surface area contributed by atoms with Crippen molar-refractivity contribution in [2.75, 3.05) is 19.3 Å². The molecule has 3 aromatic rings. The molecule has 3 nitrogen and oxygen atoms in total. The van der Waals surface area contributed by atoms with Gasteiger partial charge in [-0.15, -0.1) is 0 Å². The highest BCUT2D eigenvalue weighted by Crippen LogP contribution is 2.57. The fraction of sp³-hybridized carbons (Fsp3) is 0.321. The minimum Gasteiger partial charge on any atom is -1.00 e. The van der Waals surface area contributed by atoms with Crippen molar-refractivity contribution in [1.29, 1.82) is 0 Å². The summed E-state index contributed by atoms with van der Waals surface area (Å²) in [6.45, 7) is 7.29. The van der Waals surface area contributed by atoms with Crippen molar-refractivity contribution in [3.8, 4) is 0 Å². The molecule has 5 heteroatoms. The lowest BCUT2D eigenvalue weighted by Gasteiger charge is -2.30. The van der Waals surface area contributed by atoms with Crippen molar-refractivity contribution in [2.45, 2.75) is 32.8 Å². The Hall–Kier alpha value is -1.91. The van der Waals surface area contributed by atoms with Crippen LogP contribution in [0.1, 0.15) is 27.2 Å². The van der Waals surface area contributed by atoms with Crippen LogP contribution in [0.15, 0.2) is 91.0 Å². The van der Waals surface area contributed by atoms with E-state index < -0.39 is 12.9 Å². The van der Waals surface area contributed by atoms with Gasteiger partial charge in [-0.05, 0) is 63.6 Å². The lowest BCUT2D eigenvalue weighted by Crippen LogP contribution is -3.00. The van der Waals surface area contributed by atoms with E-state index in [1.165, 1.54) is 15.9 Å². The highest BCUT2D eigenvalue weighted by Gasteiger charge is 2.48. The first-order chi connectivity index (χ1) is 15.4. The third-order valence-corrected chi connectivity index (χ3v) is 10.7. The molecule has 0 unspecified atom stereocenters. The molecule has 0 saturated carbocycles. The molecule has 0 N–H and O–H groups in total. The number of hydrogen-bond donors (Lipinski definition) is 0. The van der Waals surface area contributed by atoms with Crippen LogP contribution in [0.3, 0.4) is 0 Å². The van der Waals surface area contributed by atoms with Crippen molar-refractivity contribution in [2.24, 2.45) is 5.92 Å². The van der Waals surface area contributed by atoms with Crippen LogP contribution in [-0.4, -0.2) is 35.8 Å². The number of benzene rings is 3. The van der Waals surface area contributed by atoms with Gasteiger partial charge in [-0.2, -0.15) is 0 Å². The van der Waals surface area contributed by atoms with E-state index in [9.17, 15) is 4.79 Å². The van der Waals surface area contributed by atoms with E-state index in [2.05, 4.69) is 91.0 Å². The molecule has 1 fully saturated rings. The van der Waals surface area contributed by atoms with Crippen LogP contribution in [0, 0.1) is 5.92 Å². The van der Waals surface area contributed by atoms with Crippen molar-refractivity contribution in [3.63, 3.8) is 0 Å². The summed E-state index contributed by atoms with van der Waals surface area (Å²) in [4.78, 5) is 14.6. The molecule has 0 spiro atoms. The monoisotopic (exact) mass is 573 g/mol. The Kier molecular flexibility index (Phi) is 8.58. The zero-order valence-electron chi connectivity index (χ0n) is 19.7. The van der Waals surface area contributed by atoms with Gasteiger partial charge in [-0.3, -0.25) is 0 Å². The van der Waals surface area contributed by atoms with Crippen LogP contribution in [0.25, 0.3) is 0 Å². The second kappa shape index (κ2) is 11.0. The summed E-state index contributed by atoms with van der Waals surface area (Å²) in [5, 5.41) is 4.19. The smallest absolute Gasteiger partial charge is 0.410 e. The maximum Gasteiger partial charge on any atom is 0.410 e. The first-order valence-electron chi connectivity index (χ1n) is 11.4. The average molecular weight is 573 g/mol. The summed E-state index contributed by atoms with van der Waals surface area (Å²) in [6.07, 6.45) is 1.86. The van der Waals surface area contributed by atoms with Crippen LogP contribution in [-0.2, 0) is 4.74 Å². The zero-order chi connectivity index (χ0) is 22.6. The van der Waals surface area contributed by atoms with E-state index in [0.717, 1.165) is 25.7 Å². The summed E-state index contributed by atoms with van der Waals surface area (Å²) in [5.74, 6) is 0.427. The molecule has 0 aromatic heterocycles. The Labute approximate surface area is 215 Å². The molecule has 4 rings (SSSR count). The number of carbonyl (C=O) groups is 1. The second-order valence-corrected chi connectivity index (χ2v) is 13.1. The molecule has 1 heterocycles. The summed E-state index contributed by atoms with van der Waals surface area (Å²) in [5.41, 5.74) is -0.468. The van der Waals surface area contributed by atoms with E-state index in [-0.39, 0.29) is 30.1 Å². The molecule has 1 amide bonds. The van der Waals surface area contributed by atoms with Crippen molar-refractivity contribution in [3.05, 3.63) is 91.0 Å². The number of rotatable bonds is 5. The quantitative estimate of drug-likeness (QED) is 0.347. The number of ether oxygens (including phenoxy) is 1. The summed E-state index contributed by atoms with van der Waals surface area (Å²) in [6, 6.07) is 32.9. The molecule has 33 heavy (non-hydrogen) atoms. The molecule has 1 atom stereocenters. The first kappa shape index (κ1) is 25.7. The number of carbonyl (C=O) groups excluding carboxylic acids is 1. The van der Waals surface area contributed by atoms with Crippen molar-refractivity contribution in [1.82, 2.24) is 4.90 Å². The van der Waals surface area contributed by atoms with Crippen molar-refractivity contribution < 1.29 is 33.5 Å². The predicted octanol–water partition coefficient (Wildman–Crippen LogP) is 2.24. The summed E-state index contributed by atoms with van der Waals surface area (Å²) in [7, 11) is -1.88. The van der Waals surface area contributed by atoms with Crippen LogP contribution in [0.2, 0.25) is 0 Å². The third kappa shape index (κ3) is 5.96. The van der Waals surface area contributed by atoms with Crippen LogP contribution >= 0.6 is 7.26 Å². The lowest BCUT2D eigenvalue weighted by atomic mass is 10.2. The predicted molar refractivity (Wildman–Crippen MR) is 136 cm³/mol. The highest BCUT2D eigenvalue weighted by molar-refractivity contribution is 7.95. The standard InChI is InChI=1S/C28H33NO2P.HI/c1-28(2,3)31-27(30)29-20-19-23(21-29)22-32(24-13-7-4-8-14-24,25-15-9-5-10-16-25)26-17-11-6-12-18-26;/h4-18,23H,19-22H2,1-3H3;1H/q+1;/p-1/t23-;/m0./s1. The highest BCUT2D eigenvalue weighted by atomic mass is 127. The number of nitrogens with zero attached hydrogens (tertiary/aromatic N) is 1. The SMILES string of the molecule is CC(C)(C)OC(=O)N1CC[C@H](C[P+](c2ccccc2)(c2ccccc2)c2ccccc2)C1.[I-]. The second-order valence-electron chi connectivity index (χ2n) is 9.58. The molecular formula is C28H33INO2P. The molecule has 0 aliphatic carbocycles. The molecule has 1 aliphatic rings. The number of halogens is 1. The van der Waals surface area contributed by atoms with Gasteiger partial charge in [0.25, 0.3) is 0 Å². The Bertz CT molecular complexity index is 925. The molecule has 174 valence electrons. The van der Waals surface area contributed by atoms with Crippen molar-refractivity contribution >= 4 is 29.3 Å². The van der Waals surface area contributed by atoms with Gasteiger partial charge in [-0.25, -0.2) is 4.79 Å². The van der Waals surface area contributed by atoms with Gasteiger partial charge in [0, 0.05) is 19.0 Å². The fourth-order valence-electron chi connectivity index (χ4n) is 4.67. The Morgan fingerprint density at radius 1 is 0.848 bits per heavy atom. The van der Waals surface area contributed by atoms with Gasteiger partial charge in [0.05, 0.1) is 6.16 Å². The molecule has 1 saturated heterocycles. The molecule has 0 bridgehead atoms. The van der Waals surface area contributed by atoms with Gasteiger partial charge in [0.2, 0.25) is 0 Å². The van der Waals surface area contributed by atoms with Crippen LogP contribution < -0.4 is 39.9 Å². The number of hydrogen-bond acceptors (Lipinski definition) is 2. The minimum absolute atomic E-state index is 0. The van der Waals surface area contributed by atoms with Gasteiger partial charge < -0.3 is 33.6 Å². The zero-order valence-corrected chi connectivity index (χ0v) is 22.7. The minimum atomic E-state index is -1.88. The molecule has 0 radical (unpaired) electrons. The largest absolute Gasteiger partial charge is 1.00 e. The number of amides is 1. The van der Waals surface area contributed by atoms with Gasteiger partial charge in [-0.1, -0.05) is 54.6 Å². The normalized spacial score (nSPS) is 16.2. The van der Waals surface area contributed by atoms with E-state index in [1.807, 2.05) is 25.7 Å². The van der Waals surface area contributed by atoms with Gasteiger partial charge in [0.1, 0.15) is 28.8 Å². The average Bonchev–Trinajstić information content (AvgIpc) is 3.27. The van der Waals surface area contributed by atoms with Crippen LogP contribution in [0.4, 0.5) is 4.79 Å². The summed E-state index contributed by atoms with van der Waals surface area (Å²) >= 11 is 0. The van der Waals surface area contributed by atoms with E-state index in [4.69, 9.17) is 4.74 Å². The maximum atomic E-state index is 12.7. The maximum absolute atomic E-state index is 12.7. The molecular weight excluding hydrogens is 540 g/mol. The fourth-order valence-corrected chi connectivity index (χ4v) is 9.31. The topological polar surface area (TPSA) is 29.5 Å². The molecule has 1 aliphatic heterocycles. The molecule has 3 aromatic carbocycles. The first-order valence-corrected chi connectivity index (χ1v) is 13.4. The third-order valence-electron chi connectivity index (χ3n) is 6.06. The van der Waals surface area contributed by atoms with E-state index in [1.54, 1.807) is 0 Å². The van der Waals surface area contributed by atoms with Gasteiger partial charge in [0.15, 0.2) is 0 Å². The van der Waals surface area contributed by atoms with E-state index >= 15 is 0 Å². The Balaban J connectivity index is 0.00000306. The number of likely N-dealkylation sites (tertiary alicyclic amines) is 1. The summed E-state index contributed by atoms with van der Waals surface area (Å²) < 4.78 is 5.65. The Morgan fingerprint density at radius 2 is 1.27 bits per heavy atom. The van der Waals surface area contributed by atoms with Crippen LogP contribution in [0.5, 0.6) is 0 Å². The Morgan fingerprint density at radius 3 is 1.67 bits per heavy atom. The van der Waals surface area contributed by atoms with Gasteiger partial charge >= 0.3 is 6.09 Å². The van der Waals surface area contributed by atoms with E-state index in [0.29, 0.717) is 5.92 Å².